The van der Waals surface area contributed by atoms with Gasteiger partial charge >= 0.3 is 0 Å². The molecule has 0 aliphatic carbocycles. The van der Waals surface area contributed by atoms with Crippen molar-refractivity contribution in [1.29, 1.82) is 0 Å². The van der Waals surface area contributed by atoms with E-state index in [1.165, 1.54) is 12.1 Å². The van der Waals surface area contributed by atoms with E-state index in [4.69, 9.17) is 34.8 Å². The average molecular weight is 478 g/mol. The van der Waals surface area contributed by atoms with E-state index in [1.807, 2.05) is 0 Å². The maximum absolute atomic E-state index is 12.5. The quantitative estimate of drug-likeness (QED) is 0.433. The van der Waals surface area contributed by atoms with Gasteiger partial charge in [0.05, 0.1) is 26.0 Å². The normalized spacial score (nSPS) is 11.4. The van der Waals surface area contributed by atoms with Gasteiger partial charge in [-0.25, -0.2) is 18.1 Å². The van der Waals surface area contributed by atoms with E-state index < -0.39 is 42.7 Å². The predicted octanol–water partition coefficient (Wildman–Crippen LogP) is 2.91. The van der Waals surface area contributed by atoms with E-state index >= 15 is 0 Å². The van der Waals surface area contributed by atoms with Gasteiger partial charge in [-0.15, -0.1) is 0 Å². The molecular formula is C15H7Cl3N4O6S. The number of aromatic amines is 1. The fourth-order valence-electron chi connectivity index (χ4n) is 2.32. The second-order valence-electron chi connectivity index (χ2n) is 5.50. The minimum Gasteiger partial charge on any atom is -0.319 e. The molecule has 14 heteroatoms. The summed E-state index contributed by atoms with van der Waals surface area (Å²) in [7, 11) is -4.72. The standard InChI is InChI=1S/C15H7Cl3N4O6S/c16-6-1-2-12(11(3-6)22(25)26)29(27,28)21-15(24)13-14(23)20-10-5-8(18)7(17)4-9(10)19-13/h1-5H,(H,20,23)(H,21,24). The van der Waals surface area contributed by atoms with Crippen molar-refractivity contribution >= 4 is 67.5 Å². The number of nitro groups is 1. The molecule has 3 rings (SSSR count). The molecule has 0 saturated heterocycles. The monoisotopic (exact) mass is 476 g/mol. The lowest BCUT2D eigenvalue weighted by atomic mass is 10.3. The molecule has 29 heavy (non-hydrogen) atoms. The van der Waals surface area contributed by atoms with Crippen LogP contribution in [-0.4, -0.2) is 29.2 Å². The molecule has 3 aromatic rings. The van der Waals surface area contributed by atoms with Crippen molar-refractivity contribution < 1.29 is 18.1 Å². The van der Waals surface area contributed by atoms with Crippen molar-refractivity contribution in [1.82, 2.24) is 14.7 Å². The molecular weight excluding hydrogens is 471 g/mol. The molecule has 1 aromatic heterocycles. The van der Waals surface area contributed by atoms with Crippen LogP contribution in [0, 0.1) is 10.1 Å². The number of nitro benzene ring substituents is 1. The molecule has 10 nitrogen and oxygen atoms in total. The third-order valence-corrected chi connectivity index (χ3v) is 5.92. The van der Waals surface area contributed by atoms with E-state index in [-0.39, 0.29) is 26.1 Å². The molecule has 2 N–H and O–H groups in total. The Morgan fingerprint density at radius 3 is 2.45 bits per heavy atom. The molecule has 0 spiro atoms. The summed E-state index contributed by atoms with van der Waals surface area (Å²) >= 11 is 17.4. The van der Waals surface area contributed by atoms with Gasteiger partial charge in [-0.2, -0.15) is 0 Å². The topological polar surface area (TPSA) is 152 Å². The molecule has 0 saturated carbocycles. The van der Waals surface area contributed by atoms with Gasteiger partial charge in [-0.1, -0.05) is 34.8 Å². The first-order valence-electron chi connectivity index (χ1n) is 7.40. The third-order valence-electron chi connectivity index (χ3n) is 3.58. The highest BCUT2D eigenvalue weighted by atomic mass is 35.5. The molecule has 0 radical (unpaired) electrons. The van der Waals surface area contributed by atoms with Crippen molar-refractivity contribution in [2.75, 3.05) is 0 Å². The van der Waals surface area contributed by atoms with Crippen molar-refractivity contribution in [2.45, 2.75) is 4.90 Å². The third kappa shape index (κ3) is 4.17. The number of nitrogens with one attached hydrogen (secondary N) is 2. The van der Waals surface area contributed by atoms with Crippen LogP contribution in [-0.2, 0) is 10.0 Å². The second-order valence-corrected chi connectivity index (χ2v) is 8.40. The number of rotatable bonds is 4. The zero-order chi connectivity index (χ0) is 21.5. The van der Waals surface area contributed by atoms with Crippen LogP contribution < -0.4 is 10.3 Å². The Hall–Kier alpha value is -2.73. The lowest BCUT2D eigenvalue weighted by Gasteiger charge is -2.08. The highest BCUT2D eigenvalue weighted by Crippen LogP contribution is 2.27. The Bertz CT molecular complexity index is 1360. The minimum absolute atomic E-state index is 0.0685. The molecule has 0 aliphatic heterocycles. The summed E-state index contributed by atoms with van der Waals surface area (Å²) in [6.07, 6.45) is 0. The predicted molar refractivity (Wildman–Crippen MR) is 105 cm³/mol. The number of nitrogens with zero attached hydrogens (tertiary/aromatic N) is 2. The van der Waals surface area contributed by atoms with Crippen LogP contribution in [0.2, 0.25) is 15.1 Å². The summed E-state index contributed by atoms with van der Waals surface area (Å²) in [5.74, 6) is -1.40. The zero-order valence-electron chi connectivity index (χ0n) is 13.8. The number of fused-ring (bicyclic) bond motifs is 1. The van der Waals surface area contributed by atoms with Gasteiger partial charge in [0, 0.05) is 11.1 Å². The number of carbonyl (C=O) groups excluding carboxylic acids is 1. The van der Waals surface area contributed by atoms with Crippen molar-refractivity contribution in [3.05, 3.63) is 71.6 Å². The minimum atomic E-state index is -4.72. The summed E-state index contributed by atoms with van der Waals surface area (Å²) < 4.78 is 26.5. The van der Waals surface area contributed by atoms with Crippen LogP contribution in [0.4, 0.5) is 5.69 Å². The first-order chi connectivity index (χ1) is 13.5. The number of sulfonamides is 1. The van der Waals surface area contributed by atoms with Crippen LogP contribution >= 0.6 is 34.8 Å². The second kappa shape index (κ2) is 7.59. The van der Waals surface area contributed by atoms with E-state index in [1.54, 1.807) is 4.72 Å². The Balaban J connectivity index is 2.04. The summed E-state index contributed by atoms with van der Waals surface area (Å²) in [6, 6.07) is 5.34. The lowest BCUT2D eigenvalue weighted by Crippen LogP contribution is -2.35. The number of aromatic nitrogens is 2. The lowest BCUT2D eigenvalue weighted by molar-refractivity contribution is -0.387. The first kappa shape index (κ1) is 21.0. The molecule has 0 bridgehead atoms. The van der Waals surface area contributed by atoms with Crippen LogP contribution in [0.3, 0.4) is 0 Å². The molecule has 0 atom stereocenters. The van der Waals surface area contributed by atoms with Crippen LogP contribution in [0.1, 0.15) is 10.5 Å². The van der Waals surface area contributed by atoms with Gasteiger partial charge in [-0.3, -0.25) is 19.7 Å². The van der Waals surface area contributed by atoms with Crippen molar-refractivity contribution in [3.63, 3.8) is 0 Å². The molecule has 0 fully saturated rings. The number of benzene rings is 2. The number of carbonyl (C=O) groups is 1. The van der Waals surface area contributed by atoms with Crippen molar-refractivity contribution in [3.8, 4) is 0 Å². The van der Waals surface area contributed by atoms with Gasteiger partial charge in [0.1, 0.15) is 0 Å². The fourth-order valence-corrected chi connectivity index (χ4v) is 3.92. The fraction of sp³-hybridized carbons (Fsp3) is 0. The highest BCUT2D eigenvalue weighted by Gasteiger charge is 2.29. The summed E-state index contributed by atoms with van der Waals surface area (Å²) in [4.78, 5) is 40.0. The smallest absolute Gasteiger partial charge is 0.291 e. The van der Waals surface area contributed by atoms with Crippen LogP contribution in [0.25, 0.3) is 11.0 Å². The molecule has 0 unspecified atom stereocenters. The number of hydrogen-bond acceptors (Lipinski definition) is 7. The Kier molecular flexibility index (Phi) is 5.50. The number of amides is 1. The summed E-state index contributed by atoms with van der Waals surface area (Å²) in [6.45, 7) is 0. The molecule has 0 aliphatic rings. The van der Waals surface area contributed by atoms with E-state index in [0.717, 1.165) is 18.2 Å². The average Bonchev–Trinajstić information content (AvgIpc) is 2.61. The maximum Gasteiger partial charge on any atom is 0.291 e. The Labute approximate surface area is 176 Å². The van der Waals surface area contributed by atoms with Crippen molar-refractivity contribution in [2.24, 2.45) is 0 Å². The molecule has 150 valence electrons. The zero-order valence-corrected chi connectivity index (χ0v) is 16.9. The van der Waals surface area contributed by atoms with E-state index in [9.17, 15) is 28.1 Å². The first-order valence-corrected chi connectivity index (χ1v) is 10.0. The highest BCUT2D eigenvalue weighted by molar-refractivity contribution is 7.90. The van der Waals surface area contributed by atoms with E-state index in [2.05, 4.69) is 9.97 Å². The van der Waals surface area contributed by atoms with Crippen LogP contribution in [0.15, 0.2) is 40.0 Å². The molecule has 1 heterocycles. The van der Waals surface area contributed by atoms with Gasteiger partial charge in [0.2, 0.25) is 0 Å². The molecule has 2 aromatic carbocycles. The number of hydrogen-bond donors (Lipinski definition) is 2. The maximum atomic E-state index is 12.5. The van der Waals surface area contributed by atoms with Gasteiger partial charge < -0.3 is 4.98 Å². The van der Waals surface area contributed by atoms with E-state index in [0.29, 0.717) is 0 Å². The summed E-state index contributed by atoms with van der Waals surface area (Å²) in [5, 5.41) is 11.3. The van der Waals surface area contributed by atoms with Gasteiger partial charge in [0.15, 0.2) is 10.6 Å². The largest absolute Gasteiger partial charge is 0.319 e. The van der Waals surface area contributed by atoms with Crippen LogP contribution in [0.5, 0.6) is 0 Å². The SMILES string of the molecule is O=C(NS(=O)(=O)c1ccc(Cl)cc1[N+](=O)[O-])c1nc2cc(Cl)c(Cl)cc2[nH]c1=O. The molecule has 1 amide bonds. The number of H-pyrrole nitrogens is 1. The van der Waals surface area contributed by atoms with Gasteiger partial charge in [0.25, 0.3) is 27.2 Å². The Morgan fingerprint density at radius 2 is 1.79 bits per heavy atom. The summed E-state index contributed by atoms with van der Waals surface area (Å²) in [5.41, 5.74) is -2.42. The number of halogens is 3. The van der Waals surface area contributed by atoms with Gasteiger partial charge in [-0.05, 0) is 24.3 Å². The Morgan fingerprint density at radius 1 is 1.14 bits per heavy atom.